The SMILES string of the molecule is O=C(COC(=O)CN1C(=O)[C@@H]2[C@H]3C[C@@H]([C@@H](Cl)[C@H]3Cl)[C@H]2C1=O)Nc1ccccc1C(F)(F)F. The summed E-state index contributed by atoms with van der Waals surface area (Å²) in [5, 5.41) is 1.16. The summed E-state index contributed by atoms with van der Waals surface area (Å²) >= 11 is 12.5. The largest absolute Gasteiger partial charge is 0.454 e. The van der Waals surface area contributed by atoms with Crippen molar-refractivity contribution in [2.24, 2.45) is 23.7 Å². The van der Waals surface area contributed by atoms with Gasteiger partial charge in [0.05, 0.1) is 33.8 Å². The lowest BCUT2D eigenvalue weighted by Crippen LogP contribution is -2.38. The monoisotopic (exact) mass is 492 g/mol. The van der Waals surface area contributed by atoms with Crippen LogP contribution in [0.25, 0.3) is 0 Å². The number of esters is 1. The molecule has 1 heterocycles. The van der Waals surface area contributed by atoms with Gasteiger partial charge in [-0.05, 0) is 30.4 Å². The van der Waals surface area contributed by atoms with Gasteiger partial charge in [-0.15, -0.1) is 23.2 Å². The normalized spacial score (nSPS) is 31.1. The second kappa shape index (κ2) is 8.22. The number of nitrogens with one attached hydrogen (secondary N) is 1. The van der Waals surface area contributed by atoms with Crippen molar-refractivity contribution >= 4 is 52.6 Å². The zero-order valence-electron chi connectivity index (χ0n) is 16.3. The van der Waals surface area contributed by atoms with Gasteiger partial charge in [0.2, 0.25) is 11.8 Å². The fraction of sp³-hybridized carbons (Fsp3) is 0.500. The molecule has 0 radical (unpaired) electrons. The molecule has 3 amide bonds. The average molecular weight is 493 g/mol. The molecule has 6 atom stereocenters. The first-order valence-electron chi connectivity index (χ1n) is 9.75. The molecule has 1 saturated heterocycles. The number of anilines is 1. The quantitative estimate of drug-likeness (QED) is 0.387. The van der Waals surface area contributed by atoms with Crippen molar-refractivity contribution in [2.45, 2.75) is 23.4 Å². The lowest BCUT2D eigenvalue weighted by Gasteiger charge is -2.28. The predicted molar refractivity (Wildman–Crippen MR) is 106 cm³/mol. The van der Waals surface area contributed by atoms with E-state index in [2.05, 4.69) is 0 Å². The Morgan fingerprint density at radius 3 is 2.19 bits per heavy atom. The molecule has 32 heavy (non-hydrogen) atoms. The summed E-state index contributed by atoms with van der Waals surface area (Å²) < 4.78 is 43.8. The van der Waals surface area contributed by atoms with Crippen molar-refractivity contribution in [2.75, 3.05) is 18.5 Å². The molecule has 2 bridgehead atoms. The summed E-state index contributed by atoms with van der Waals surface area (Å²) in [6.07, 6.45) is -4.11. The third kappa shape index (κ3) is 3.83. The Balaban J connectivity index is 1.33. The molecule has 1 aliphatic heterocycles. The highest BCUT2D eigenvalue weighted by Gasteiger charge is 2.66. The van der Waals surface area contributed by atoms with Crippen LogP contribution in [0.4, 0.5) is 18.9 Å². The summed E-state index contributed by atoms with van der Waals surface area (Å²) in [4.78, 5) is 50.3. The Labute approximate surface area is 190 Å². The number of amides is 3. The highest BCUT2D eigenvalue weighted by atomic mass is 35.5. The van der Waals surface area contributed by atoms with Crippen molar-refractivity contribution < 1.29 is 37.1 Å². The number of benzene rings is 1. The van der Waals surface area contributed by atoms with Gasteiger partial charge >= 0.3 is 12.1 Å². The van der Waals surface area contributed by atoms with Crippen LogP contribution in [0.2, 0.25) is 0 Å². The van der Waals surface area contributed by atoms with E-state index in [4.69, 9.17) is 27.9 Å². The van der Waals surface area contributed by atoms with Crippen LogP contribution >= 0.6 is 23.2 Å². The highest BCUT2D eigenvalue weighted by molar-refractivity contribution is 6.31. The fourth-order valence-corrected chi connectivity index (χ4v) is 5.81. The number of ether oxygens (including phenoxy) is 1. The van der Waals surface area contributed by atoms with E-state index < -0.39 is 76.9 Å². The van der Waals surface area contributed by atoms with Gasteiger partial charge in [-0.2, -0.15) is 13.2 Å². The molecular weight excluding hydrogens is 476 g/mol. The Morgan fingerprint density at radius 1 is 1.06 bits per heavy atom. The molecule has 1 N–H and O–H groups in total. The number of imide groups is 1. The van der Waals surface area contributed by atoms with E-state index in [-0.39, 0.29) is 11.8 Å². The topological polar surface area (TPSA) is 92.8 Å². The van der Waals surface area contributed by atoms with E-state index in [0.717, 1.165) is 17.0 Å². The number of fused-ring (bicyclic) bond motifs is 5. The van der Waals surface area contributed by atoms with Crippen molar-refractivity contribution in [1.82, 2.24) is 4.90 Å². The van der Waals surface area contributed by atoms with Gasteiger partial charge in [0.25, 0.3) is 5.91 Å². The molecule has 2 aliphatic carbocycles. The number of hydrogen-bond donors (Lipinski definition) is 1. The Morgan fingerprint density at radius 2 is 1.62 bits per heavy atom. The fourth-order valence-electron chi connectivity index (χ4n) is 4.91. The Bertz CT molecular complexity index is 956. The molecule has 0 spiro atoms. The maximum absolute atomic E-state index is 13.0. The number of hydrogen-bond acceptors (Lipinski definition) is 5. The zero-order chi connectivity index (χ0) is 23.4. The molecule has 0 unspecified atom stereocenters. The number of carbonyl (C=O) groups excluding carboxylic acids is 4. The van der Waals surface area contributed by atoms with Crippen LogP contribution in [-0.2, 0) is 30.1 Å². The van der Waals surface area contributed by atoms with Gasteiger partial charge in [-0.25, -0.2) is 0 Å². The third-order valence-electron chi connectivity index (χ3n) is 6.24. The summed E-state index contributed by atoms with van der Waals surface area (Å²) in [6, 6.07) is 4.34. The molecular formula is C20H17Cl2F3N2O5. The van der Waals surface area contributed by atoms with Crippen molar-refractivity contribution in [3.8, 4) is 0 Å². The van der Waals surface area contributed by atoms with E-state index in [9.17, 15) is 32.3 Å². The average Bonchev–Trinajstić information content (AvgIpc) is 3.33. The zero-order valence-corrected chi connectivity index (χ0v) is 17.8. The molecule has 4 rings (SSSR count). The molecule has 0 aromatic heterocycles. The minimum atomic E-state index is -4.68. The molecule has 172 valence electrons. The number of halogens is 5. The van der Waals surface area contributed by atoms with E-state index >= 15 is 0 Å². The maximum Gasteiger partial charge on any atom is 0.418 e. The van der Waals surface area contributed by atoms with Gasteiger partial charge in [-0.1, -0.05) is 12.1 Å². The molecule has 1 aromatic rings. The molecule has 3 aliphatic rings. The van der Waals surface area contributed by atoms with Crippen molar-refractivity contribution in [3.05, 3.63) is 29.8 Å². The van der Waals surface area contributed by atoms with Crippen molar-refractivity contribution in [1.29, 1.82) is 0 Å². The first-order chi connectivity index (χ1) is 15.0. The van der Waals surface area contributed by atoms with Gasteiger partial charge < -0.3 is 10.1 Å². The molecule has 3 fully saturated rings. The number of nitrogens with zero attached hydrogens (tertiary/aromatic N) is 1. The van der Waals surface area contributed by atoms with Gasteiger partial charge in [0, 0.05) is 0 Å². The van der Waals surface area contributed by atoms with Crippen LogP contribution in [-0.4, -0.2) is 52.5 Å². The number of rotatable bonds is 5. The number of alkyl halides is 5. The van der Waals surface area contributed by atoms with Crippen LogP contribution in [0.5, 0.6) is 0 Å². The van der Waals surface area contributed by atoms with E-state index in [1.165, 1.54) is 12.1 Å². The van der Waals surface area contributed by atoms with Crippen LogP contribution in [0.3, 0.4) is 0 Å². The number of likely N-dealkylation sites (tertiary alicyclic amines) is 1. The summed E-state index contributed by atoms with van der Waals surface area (Å²) in [5.41, 5.74) is -1.54. The first kappa shape index (κ1) is 22.8. The number of para-hydroxylation sites is 1. The predicted octanol–water partition coefficient (Wildman–Crippen LogP) is 2.65. The molecule has 2 saturated carbocycles. The maximum atomic E-state index is 13.0. The lowest BCUT2D eigenvalue weighted by molar-refractivity contribution is -0.154. The summed E-state index contributed by atoms with van der Waals surface area (Å²) in [5.74, 6) is -4.83. The first-order valence-corrected chi connectivity index (χ1v) is 10.6. The minimum Gasteiger partial charge on any atom is -0.454 e. The third-order valence-corrected chi connectivity index (χ3v) is 7.56. The standard InChI is InChI=1S/C20H17Cl2F3N2O5/c21-16-8-5-9(17(16)22)15-14(8)18(30)27(19(15)31)6-13(29)32-7-12(28)26-11-4-2-1-3-10(11)20(23,24)25/h1-4,8-9,14-17H,5-7H2,(H,26,28)/t8-,9-,14-,15-,16-,17+/m1/s1. The number of carbonyl (C=O) groups is 4. The smallest absolute Gasteiger partial charge is 0.418 e. The van der Waals surface area contributed by atoms with Gasteiger partial charge in [0.15, 0.2) is 6.61 Å². The van der Waals surface area contributed by atoms with Crippen LogP contribution in [0.15, 0.2) is 24.3 Å². The summed E-state index contributed by atoms with van der Waals surface area (Å²) in [6.45, 7) is -1.58. The van der Waals surface area contributed by atoms with E-state index in [0.29, 0.717) is 6.42 Å². The Hall–Kier alpha value is -2.33. The molecule has 12 heteroatoms. The summed E-state index contributed by atoms with van der Waals surface area (Å²) in [7, 11) is 0. The van der Waals surface area contributed by atoms with Crippen molar-refractivity contribution in [3.63, 3.8) is 0 Å². The minimum absolute atomic E-state index is 0.244. The van der Waals surface area contributed by atoms with E-state index in [1.807, 2.05) is 5.32 Å². The van der Waals surface area contributed by atoms with Crippen LogP contribution < -0.4 is 5.32 Å². The van der Waals surface area contributed by atoms with Crippen LogP contribution in [0.1, 0.15) is 12.0 Å². The van der Waals surface area contributed by atoms with E-state index in [1.54, 1.807) is 0 Å². The lowest BCUT2D eigenvalue weighted by atomic mass is 9.80. The second-order valence-corrected chi connectivity index (χ2v) is 9.03. The molecule has 1 aromatic carbocycles. The highest BCUT2D eigenvalue weighted by Crippen LogP contribution is 2.59. The second-order valence-electron chi connectivity index (χ2n) is 8.02. The molecule has 7 nitrogen and oxygen atoms in total. The van der Waals surface area contributed by atoms with Gasteiger partial charge in [-0.3, -0.25) is 24.1 Å². The van der Waals surface area contributed by atoms with Crippen LogP contribution in [0, 0.1) is 23.7 Å². The Kier molecular flexibility index (Phi) is 5.87. The van der Waals surface area contributed by atoms with Gasteiger partial charge in [0.1, 0.15) is 6.54 Å².